The van der Waals surface area contributed by atoms with E-state index in [-0.39, 0.29) is 5.41 Å². The van der Waals surface area contributed by atoms with Gasteiger partial charge in [-0.1, -0.05) is 47.5 Å². The van der Waals surface area contributed by atoms with Crippen molar-refractivity contribution in [1.82, 2.24) is 4.90 Å². The molecule has 2 unspecified atom stereocenters. The van der Waals surface area contributed by atoms with E-state index in [1.54, 1.807) is 0 Å². The summed E-state index contributed by atoms with van der Waals surface area (Å²) >= 11 is 0. The van der Waals surface area contributed by atoms with Gasteiger partial charge < -0.3 is 5.73 Å². The van der Waals surface area contributed by atoms with Crippen molar-refractivity contribution in [3.8, 4) is 0 Å². The predicted molar refractivity (Wildman–Crippen MR) is 85.3 cm³/mol. The van der Waals surface area contributed by atoms with Crippen LogP contribution in [0.3, 0.4) is 0 Å². The largest absolute Gasteiger partial charge is 0.330 e. The van der Waals surface area contributed by atoms with E-state index in [1.165, 1.54) is 38.6 Å². The molecule has 0 spiro atoms. The normalized spacial score (nSPS) is 25.3. The second-order valence-electron chi connectivity index (χ2n) is 7.60. The third kappa shape index (κ3) is 5.07. The Morgan fingerprint density at radius 3 is 2.37 bits per heavy atom. The molecule has 1 fully saturated rings. The number of rotatable bonds is 7. The molecule has 0 saturated heterocycles. The lowest BCUT2D eigenvalue weighted by atomic mass is 9.76. The van der Waals surface area contributed by atoms with Crippen LogP contribution in [0.15, 0.2) is 0 Å². The van der Waals surface area contributed by atoms with Gasteiger partial charge in [0.05, 0.1) is 0 Å². The smallest absolute Gasteiger partial charge is 0.0126 e. The molecule has 2 N–H and O–H groups in total. The Morgan fingerprint density at radius 1 is 1.21 bits per heavy atom. The highest BCUT2D eigenvalue weighted by molar-refractivity contribution is 4.87. The van der Waals surface area contributed by atoms with Gasteiger partial charge in [-0.15, -0.1) is 0 Å². The highest BCUT2D eigenvalue weighted by Gasteiger charge is 2.33. The van der Waals surface area contributed by atoms with Gasteiger partial charge in [-0.3, -0.25) is 4.90 Å². The zero-order chi connectivity index (χ0) is 14.5. The van der Waals surface area contributed by atoms with Crippen molar-refractivity contribution < 1.29 is 0 Å². The molecule has 0 radical (unpaired) electrons. The van der Waals surface area contributed by atoms with Crippen molar-refractivity contribution in [2.45, 2.75) is 72.8 Å². The van der Waals surface area contributed by atoms with Crippen LogP contribution in [0.1, 0.15) is 66.7 Å². The summed E-state index contributed by atoms with van der Waals surface area (Å²) in [6.07, 6.45) is 6.91. The number of hydrogen-bond donors (Lipinski definition) is 1. The lowest BCUT2D eigenvalue weighted by Crippen LogP contribution is -2.49. The molecule has 1 aliphatic carbocycles. The van der Waals surface area contributed by atoms with Gasteiger partial charge in [0.2, 0.25) is 0 Å². The molecule has 0 amide bonds. The fraction of sp³-hybridized carbons (Fsp3) is 1.00. The molecule has 0 bridgehead atoms. The maximum Gasteiger partial charge on any atom is 0.0126 e. The first-order chi connectivity index (χ1) is 8.91. The van der Waals surface area contributed by atoms with E-state index in [2.05, 4.69) is 39.5 Å². The summed E-state index contributed by atoms with van der Waals surface area (Å²) in [6, 6.07) is 0.791. The fourth-order valence-electron chi connectivity index (χ4n) is 3.63. The van der Waals surface area contributed by atoms with Crippen LogP contribution in [0.2, 0.25) is 0 Å². The molecule has 0 heterocycles. The molecule has 1 aliphatic rings. The second kappa shape index (κ2) is 7.64. The SMILES string of the molecule is CCCN(CC(C)(C)CN)C1CCCCC1C(C)C. The Bertz CT molecular complexity index is 248. The van der Waals surface area contributed by atoms with Crippen molar-refractivity contribution in [1.29, 1.82) is 0 Å². The van der Waals surface area contributed by atoms with Gasteiger partial charge in [0.1, 0.15) is 0 Å². The number of nitrogens with zero attached hydrogens (tertiary/aromatic N) is 1. The molecule has 2 atom stereocenters. The first-order valence-corrected chi connectivity index (χ1v) is 8.35. The zero-order valence-electron chi connectivity index (χ0n) is 13.9. The monoisotopic (exact) mass is 268 g/mol. The van der Waals surface area contributed by atoms with Gasteiger partial charge in [0.15, 0.2) is 0 Å². The molecule has 0 aromatic carbocycles. The highest BCUT2D eigenvalue weighted by atomic mass is 15.2. The maximum atomic E-state index is 5.95. The van der Waals surface area contributed by atoms with E-state index in [1.807, 2.05) is 0 Å². The van der Waals surface area contributed by atoms with Gasteiger partial charge in [-0.25, -0.2) is 0 Å². The maximum absolute atomic E-state index is 5.95. The Balaban J connectivity index is 2.77. The number of nitrogens with two attached hydrogens (primary N) is 1. The minimum absolute atomic E-state index is 0.244. The lowest BCUT2D eigenvalue weighted by Gasteiger charge is -2.44. The Kier molecular flexibility index (Phi) is 6.82. The Labute approximate surface area is 121 Å². The molecule has 2 nitrogen and oxygen atoms in total. The van der Waals surface area contributed by atoms with Crippen LogP contribution in [-0.4, -0.2) is 30.6 Å². The summed E-state index contributed by atoms with van der Waals surface area (Å²) in [5.74, 6) is 1.69. The average Bonchev–Trinajstić information content (AvgIpc) is 2.38. The molecule has 0 aliphatic heterocycles. The minimum atomic E-state index is 0.244. The highest BCUT2D eigenvalue weighted by Crippen LogP contribution is 2.34. The van der Waals surface area contributed by atoms with Crippen LogP contribution in [0.5, 0.6) is 0 Å². The van der Waals surface area contributed by atoms with E-state index in [0.717, 1.165) is 31.0 Å². The first kappa shape index (κ1) is 17.0. The van der Waals surface area contributed by atoms with E-state index in [9.17, 15) is 0 Å². The van der Waals surface area contributed by atoms with Crippen molar-refractivity contribution in [2.24, 2.45) is 23.0 Å². The third-order valence-corrected chi connectivity index (χ3v) is 4.80. The molecule has 114 valence electrons. The van der Waals surface area contributed by atoms with E-state index < -0.39 is 0 Å². The summed E-state index contributed by atoms with van der Waals surface area (Å²) in [7, 11) is 0. The molecular formula is C17H36N2. The van der Waals surface area contributed by atoms with Gasteiger partial charge in [0, 0.05) is 12.6 Å². The van der Waals surface area contributed by atoms with Crippen molar-refractivity contribution >= 4 is 0 Å². The van der Waals surface area contributed by atoms with Crippen molar-refractivity contribution in [3.63, 3.8) is 0 Å². The number of hydrogen-bond acceptors (Lipinski definition) is 2. The van der Waals surface area contributed by atoms with Crippen LogP contribution >= 0.6 is 0 Å². The lowest BCUT2D eigenvalue weighted by molar-refractivity contribution is 0.0504. The van der Waals surface area contributed by atoms with Crippen LogP contribution in [0.4, 0.5) is 0 Å². The van der Waals surface area contributed by atoms with Crippen molar-refractivity contribution in [2.75, 3.05) is 19.6 Å². The standard InChI is InChI=1S/C17H36N2/c1-6-11-19(13-17(4,5)12-18)16-10-8-7-9-15(16)14(2)3/h14-16H,6-13,18H2,1-5H3. The Hall–Kier alpha value is -0.0800. The van der Waals surface area contributed by atoms with Gasteiger partial charge in [0.25, 0.3) is 0 Å². The molecular weight excluding hydrogens is 232 g/mol. The van der Waals surface area contributed by atoms with Crippen LogP contribution in [0, 0.1) is 17.3 Å². The molecule has 0 aromatic rings. The summed E-state index contributed by atoms with van der Waals surface area (Å²) in [4.78, 5) is 2.76. The van der Waals surface area contributed by atoms with Crippen molar-refractivity contribution in [3.05, 3.63) is 0 Å². The summed E-state index contributed by atoms with van der Waals surface area (Å²) in [6.45, 7) is 14.9. The van der Waals surface area contributed by atoms with Gasteiger partial charge in [-0.05, 0) is 49.6 Å². The Morgan fingerprint density at radius 2 is 1.84 bits per heavy atom. The molecule has 2 heteroatoms. The third-order valence-electron chi connectivity index (χ3n) is 4.80. The van der Waals surface area contributed by atoms with Crippen LogP contribution < -0.4 is 5.73 Å². The summed E-state index contributed by atoms with van der Waals surface area (Å²) < 4.78 is 0. The summed E-state index contributed by atoms with van der Waals surface area (Å²) in [5.41, 5.74) is 6.19. The predicted octanol–water partition coefficient (Wildman–Crippen LogP) is 3.90. The van der Waals surface area contributed by atoms with Crippen LogP contribution in [-0.2, 0) is 0 Å². The second-order valence-corrected chi connectivity index (χ2v) is 7.60. The first-order valence-electron chi connectivity index (χ1n) is 8.35. The summed E-state index contributed by atoms with van der Waals surface area (Å²) in [5, 5.41) is 0. The fourth-order valence-corrected chi connectivity index (χ4v) is 3.63. The molecule has 1 saturated carbocycles. The van der Waals surface area contributed by atoms with E-state index in [4.69, 9.17) is 5.73 Å². The average molecular weight is 268 g/mol. The van der Waals surface area contributed by atoms with E-state index >= 15 is 0 Å². The topological polar surface area (TPSA) is 29.3 Å². The van der Waals surface area contributed by atoms with E-state index in [0.29, 0.717) is 0 Å². The van der Waals surface area contributed by atoms with Crippen LogP contribution in [0.25, 0.3) is 0 Å². The molecule has 0 aromatic heterocycles. The minimum Gasteiger partial charge on any atom is -0.330 e. The quantitative estimate of drug-likeness (QED) is 0.759. The van der Waals surface area contributed by atoms with Gasteiger partial charge in [-0.2, -0.15) is 0 Å². The molecule has 19 heavy (non-hydrogen) atoms. The molecule has 1 rings (SSSR count). The van der Waals surface area contributed by atoms with Gasteiger partial charge >= 0.3 is 0 Å². The zero-order valence-corrected chi connectivity index (χ0v) is 13.9.